The highest BCUT2D eigenvalue weighted by atomic mass is 16.6. The van der Waals surface area contributed by atoms with Gasteiger partial charge in [0, 0.05) is 11.8 Å². The van der Waals surface area contributed by atoms with E-state index in [-0.39, 0.29) is 16.9 Å². The Kier molecular flexibility index (Phi) is 2.27. The van der Waals surface area contributed by atoms with Gasteiger partial charge < -0.3 is 5.73 Å². The van der Waals surface area contributed by atoms with Gasteiger partial charge in [-0.25, -0.2) is 0 Å². The van der Waals surface area contributed by atoms with Crippen molar-refractivity contribution in [2.45, 2.75) is 6.92 Å². The first-order valence-electron chi connectivity index (χ1n) is 3.56. The van der Waals surface area contributed by atoms with Crippen LogP contribution < -0.4 is 5.73 Å². The minimum absolute atomic E-state index is 0.0596. The average molecular weight is 180 g/mol. The lowest BCUT2D eigenvalue weighted by Gasteiger charge is -2.01. The first-order valence-corrected chi connectivity index (χ1v) is 3.56. The van der Waals surface area contributed by atoms with Crippen molar-refractivity contribution in [2.24, 2.45) is 0 Å². The van der Waals surface area contributed by atoms with Gasteiger partial charge in [-0.2, -0.15) is 0 Å². The van der Waals surface area contributed by atoms with Crippen molar-refractivity contribution in [3.05, 3.63) is 33.4 Å². The number of hydrogen-bond acceptors (Lipinski definition) is 4. The summed E-state index contributed by atoms with van der Waals surface area (Å²) < 4.78 is 0. The number of hydrogen-bond donors (Lipinski definition) is 1. The van der Waals surface area contributed by atoms with Crippen LogP contribution in [0.5, 0.6) is 0 Å². The molecule has 5 nitrogen and oxygen atoms in total. The first-order chi connectivity index (χ1) is 6.06. The molecule has 2 N–H and O–H groups in total. The van der Waals surface area contributed by atoms with E-state index >= 15 is 0 Å². The number of benzene rings is 1. The SMILES string of the molecule is Cc1cc(N)c(C=O)c([N+](=O)[O-])c1. The molecule has 0 spiro atoms. The molecule has 68 valence electrons. The van der Waals surface area contributed by atoms with E-state index in [0.717, 1.165) is 0 Å². The monoisotopic (exact) mass is 180 g/mol. The van der Waals surface area contributed by atoms with Crippen LogP contribution in [0, 0.1) is 17.0 Å². The molecule has 0 aromatic heterocycles. The van der Waals surface area contributed by atoms with Gasteiger partial charge in [-0.05, 0) is 18.6 Å². The number of rotatable bonds is 2. The molecular formula is C8H8N2O3. The van der Waals surface area contributed by atoms with E-state index in [1.807, 2.05) is 0 Å². The molecule has 1 aromatic carbocycles. The third kappa shape index (κ3) is 1.64. The normalized spacial score (nSPS) is 9.62. The fourth-order valence-electron chi connectivity index (χ4n) is 1.09. The van der Waals surface area contributed by atoms with Gasteiger partial charge in [0.05, 0.1) is 4.92 Å². The number of nitrogen functional groups attached to an aromatic ring is 1. The molecule has 0 amide bonds. The molecule has 0 atom stereocenters. The van der Waals surface area contributed by atoms with Gasteiger partial charge in [0.2, 0.25) is 0 Å². The molecule has 5 heteroatoms. The summed E-state index contributed by atoms with van der Waals surface area (Å²) >= 11 is 0. The Morgan fingerprint density at radius 3 is 2.62 bits per heavy atom. The number of carbonyl (C=O) groups is 1. The van der Waals surface area contributed by atoms with Gasteiger partial charge in [0.1, 0.15) is 5.56 Å². The van der Waals surface area contributed by atoms with Gasteiger partial charge >= 0.3 is 0 Å². The minimum atomic E-state index is -0.618. The maximum absolute atomic E-state index is 10.5. The molecule has 0 aliphatic rings. The van der Waals surface area contributed by atoms with Gasteiger partial charge in [-0.15, -0.1) is 0 Å². The van der Waals surface area contributed by atoms with Crippen LogP contribution in [-0.4, -0.2) is 11.2 Å². The van der Waals surface area contributed by atoms with Crippen LogP contribution in [0.4, 0.5) is 11.4 Å². The molecule has 0 saturated heterocycles. The number of carbonyl (C=O) groups excluding carboxylic acids is 1. The van der Waals surface area contributed by atoms with Crippen LogP contribution in [-0.2, 0) is 0 Å². The Hall–Kier alpha value is -1.91. The van der Waals surface area contributed by atoms with Crippen molar-refractivity contribution in [3.63, 3.8) is 0 Å². The molecule has 0 fully saturated rings. The number of nitrogens with zero attached hydrogens (tertiary/aromatic N) is 1. The molecule has 0 saturated carbocycles. The third-order valence-corrected chi connectivity index (χ3v) is 1.65. The molecule has 0 bridgehead atoms. The van der Waals surface area contributed by atoms with Crippen molar-refractivity contribution in [1.29, 1.82) is 0 Å². The Bertz CT molecular complexity index is 374. The summed E-state index contributed by atoms with van der Waals surface area (Å²) in [4.78, 5) is 20.3. The lowest BCUT2D eigenvalue weighted by molar-refractivity contribution is -0.385. The molecule has 13 heavy (non-hydrogen) atoms. The highest BCUT2D eigenvalue weighted by Gasteiger charge is 2.16. The number of nitro groups is 1. The van der Waals surface area contributed by atoms with Crippen LogP contribution in [0.3, 0.4) is 0 Å². The van der Waals surface area contributed by atoms with Crippen LogP contribution in [0.1, 0.15) is 15.9 Å². The van der Waals surface area contributed by atoms with E-state index in [2.05, 4.69) is 0 Å². The predicted octanol–water partition coefficient (Wildman–Crippen LogP) is 1.30. The van der Waals surface area contributed by atoms with E-state index in [1.165, 1.54) is 12.1 Å². The zero-order chi connectivity index (χ0) is 10.0. The zero-order valence-corrected chi connectivity index (χ0v) is 6.98. The van der Waals surface area contributed by atoms with Gasteiger partial charge in [-0.3, -0.25) is 14.9 Å². The second-order valence-corrected chi connectivity index (χ2v) is 2.66. The smallest absolute Gasteiger partial charge is 0.282 e. The lowest BCUT2D eigenvalue weighted by Crippen LogP contribution is -2.00. The Morgan fingerprint density at radius 1 is 1.54 bits per heavy atom. The van der Waals surface area contributed by atoms with E-state index in [0.29, 0.717) is 11.8 Å². The number of aryl methyl sites for hydroxylation is 1. The topological polar surface area (TPSA) is 86.2 Å². The van der Waals surface area contributed by atoms with Crippen molar-refractivity contribution in [2.75, 3.05) is 5.73 Å². The summed E-state index contributed by atoms with van der Waals surface area (Å²) in [6.45, 7) is 1.68. The second-order valence-electron chi connectivity index (χ2n) is 2.66. The quantitative estimate of drug-likeness (QED) is 0.321. The number of nitro benzene ring substituents is 1. The van der Waals surface area contributed by atoms with Crippen molar-refractivity contribution < 1.29 is 9.72 Å². The fraction of sp³-hybridized carbons (Fsp3) is 0.125. The predicted molar refractivity (Wildman–Crippen MR) is 47.6 cm³/mol. The highest BCUT2D eigenvalue weighted by Crippen LogP contribution is 2.24. The molecule has 1 rings (SSSR count). The number of nitrogens with two attached hydrogens (primary N) is 1. The minimum Gasteiger partial charge on any atom is -0.398 e. The van der Waals surface area contributed by atoms with Crippen LogP contribution >= 0.6 is 0 Å². The highest BCUT2D eigenvalue weighted by molar-refractivity contribution is 5.89. The summed E-state index contributed by atoms with van der Waals surface area (Å²) in [6.07, 6.45) is 0.396. The molecule has 0 radical (unpaired) electrons. The first kappa shape index (κ1) is 9.18. The van der Waals surface area contributed by atoms with Crippen molar-refractivity contribution >= 4 is 17.7 Å². The molecular weight excluding hydrogens is 172 g/mol. The number of anilines is 1. The summed E-state index contributed by atoms with van der Waals surface area (Å²) in [7, 11) is 0. The maximum atomic E-state index is 10.5. The Labute approximate surface area is 74.3 Å². The van der Waals surface area contributed by atoms with Crippen molar-refractivity contribution in [3.8, 4) is 0 Å². The summed E-state index contributed by atoms with van der Waals surface area (Å²) in [5, 5.41) is 10.5. The molecule has 0 heterocycles. The van der Waals surface area contributed by atoms with E-state index in [4.69, 9.17) is 5.73 Å². The molecule has 1 aromatic rings. The third-order valence-electron chi connectivity index (χ3n) is 1.65. The fourth-order valence-corrected chi connectivity index (χ4v) is 1.09. The average Bonchev–Trinajstić information content (AvgIpc) is 2.02. The standard InChI is InChI=1S/C8H8N2O3/c1-5-2-7(9)6(4-11)8(3-5)10(12)13/h2-4H,9H2,1H3. The summed E-state index contributed by atoms with van der Waals surface area (Å²) in [5.74, 6) is 0. The largest absolute Gasteiger partial charge is 0.398 e. The van der Waals surface area contributed by atoms with Gasteiger partial charge in [0.15, 0.2) is 6.29 Å². The summed E-state index contributed by atoms with van der Waals surface area (Å²) in [5.41, 5.74) is 5.93. The molecule has 0 aliphatic heterocycles. The van der Waals surface area contributed by atoms with E-state index in [1.54, 1.807) is 6.92 Å². The van der Waals surface area contributed by atoms with Gasteiger partial charge in [-0.1, -0.05) is 0 Å². The summed E-state index contributed by atoms with van der Waals surface area (Å²) in [6, 6.07) is 2.84. The van der Waals surface area contributed by atoms with Crippen LogP contribution in [0.2, 0.25) is 0 Å². The maximum Gasteiger partial charge on any atom is 0.282 e. The zero-order valence-electron chi connectivity index (χ0n) is 6.98. The van der Waals surface area contributed by atoms with Crippen molar-refractivity contribution in [1.82, 2.24) is 0 Å². The van der Waals surface area contributed by atoms with E-state index < -0.39 is 4.92 Å². The van der Waals surface area contributed by atoms with E-state index in [9.17, 15) is 14.9 Å². The second kappa shape index (κ2) is 3.22. The Balaban J connectivity index is 3.46. The lowest BCUT2D eigenvalue weighted by atomic mass is 10.1. The Morgan fingerprint density at radius 2 is 2.15 bits per heavy atom. The number of aldehydes is 1. The van der Waals surface area contributed by atoms with Gasteiger partial charge in [0.25, 0.3) is 5.69 Å². The molecule has 0 aliphatic carbocycles. The van der Waals surface area contributed by atoms with Crippen LogP contribution in [0.15, 0.2) is 12.1 Å². The molecule has 0 unspecified atom stereocenters. The van der Waals surface area contributed by atoms with Crippen LogP contribution in [0.25, 0.3) is 0 Å².